The second-order valence-electron chi connectivity index (χ2n) is 6.20. The first kappa shape index (κ1) is 17.5. The molecular formula is C16H18FN5O2S. The molecular weight excluding hydrogens is 345 g/mol. The number of piperidine rings is 1. The van der Waals surface area contributed by atoms with Crippen LogP contribution < -0.4 is 9.62 Å². The Morgan fingerprint density at radius 2 is 2.24 bits per heavy atom. The van der Waals surface area contributed by atoms with E-state index in [4.69, 9.17) is 6.57 Å². The molecule has 1 aromatic carbocycles. The first-order valence-corrected chi connectivity index (χ1v) is 9.78. The Hall–Kier alpha value is -2.31. The standard InChI is InChI=1S/C16H18FN5O2S/c1-18-15-6-12-14(7-13(15)17)19-10-20-16(12)22-5-3-4-11(9-22)8-21-25(2,23)24/h6-7,10-11,21H,3-5,8-9H2,2H3. The van der Waals surface area contributed by atoms with Crippen LogP contribution in [-0.2, 0) is 10.0 Å². The number of rotatable bonds is 4. The van der Waals surface area contributed by atoms with Gasteiger partial charge >= 0.3 is 0 Å². The topological polar surface area (TPSA) is 79.5 Å². The van der Waals surface area contributed by atoms with Crippen molar-refractivity contribution in [3.8, 4) is 0 Å². The number of benzene rings is 1. The van der Waals surface area contributed by atoms with Gasteiger partial charge in [-0.05, 0) is 30.9 Å². The van der Waals surface area contributed by atoms with Crippen molar-refractivity contribution >= 4 is 32.4 Å². The van der Waals surface area contributed by atoms with Crippen molar-refractivity contribution < 1.29 is 12.8 Å². The van der Waals surface area contributed by atoms with Gasteiger partial charge in [0.25, 0.3) is 0 Å². The van der Waals surface area contributed by atoms with E-state index < -0.39 is 15.8 Å². The molecule has 0 bridgehead atoms. The number of hydrogen-bond acceptors (Lipinski definition) is 5. The Bertz CT molecular complexity index is 941. The van der Waals surface area contributed by atoms with Gasteiger partial charge in [0.2, 0.25) is 15.7 Å². The summed E-state index contributed by atoms with van der Waals surface area (Å²) in [6, 6.07) is 2.73. The summed E-state index contributed by atoms with van der Waals surface area (Å²) >= 11 is 0. The summed E-state index contributed by atoms with van der Waals surface area (Å²) < 4.78 is 39.0. The molecule has 0 spiro atoms. The van der Waals surface area contributed by atoms with Crippen molar-refractivity contribution in [2.45, 2.75) is 12.8 Å². The molecule has 1 fully saturated rings. The van der Waals surface area contributed by atoms with Crippen LogP contribution >= 0.6 is 0 Å². The predicted octanol–water partition coefficient (Wildman–Crippen LogP) is 2.09. The third kappa shape index (κ3) is 4.03. The van der Waals surface area contributed by atoms with E-state index in [0.717, 1.165) is 25.6 Å². The number of aromatic nitrogens is 2. The smallest absolute Gasteiger partial charge is 0.222 e. The van der Waals surface area contributed by atoms with E-state index in [1.165, 1.54) is 18.5 Å². The third-order valence-corrected chi connectivity index (χ3v) is 4.95. The van der Waals surface area contributed by atoms with Crippen LogP contribution in [0.2, 0.25) is 0 Å². The van der Waals surface area contributed by atoms with Gasteiger partial charge < -0.3 is 4.90 Å². The second kappa shape index (κ2) is 6.90. The van der Waals surface area contributed by atoms with Crippen LogP contribution in [0.25, 0.3) is 15.7 Å². The summed E-state index contributed by atoms with van der Waals surface area (Å²) in [5.74, 6) is 0.217. The predicted molar refractivity (Wildman–Crippen MR) is 93.5 cm³/mol. The van der Waals surface area contributed by atoms with Gasteiger partial charge in [0.15, 0.2) is 0 Å². The number of nitrogens with one attached hydrogen (secondary N) is 1. The van der Waals surface area contributed by atoms with Crippen LogP contribution in [-0.4, -0.2) is 44.3 Å². The fraction of sp³-hybridized carbons (Fsp3) is 0.438. The van der Waals surface area contributed by atoms with E-state index >= 15 is 0 Å². The van der Waals surface area contributed by atoms with Gasteiger partial charge in [-0.25, -0.2) is 32.3 Å². The van der Waals surface area contributed by atoms with E-state index in [2.05, 4.69) is 19.5 Å². The minimum Gasteiger partial charge on any atom is -0.356 e. The average molecular weight is 363 g/mol. The maximum absolute atomic E-state index is 13.8. The summed E-state index contributed by atoms with van der Waals surface area (Å²) in [7, 11) is -3.22. The Kier molecular flexibility index (Phi) is 4.83. The van der Waals surface area contributed by atoms with Gasteiger partial charge in [-0.3, -0.25) is 0 Å². The molecule has 1 N–H and O–H groups in total. The quantitative estimate of drug-likeness (QED) is 0.842. The molecule has 2 heterocycles. The number of sulfonamides is 1. The molecule has 132 valence electrons. The molecule has 0 saturated carbocycles. The molecule has 0 radical (unpaired) electrons. The molecule has 1 unspecified atom stereocenters. The molecule has 1 aromatic heterocycles. The van der Waals surface area contributed by atoms with Gasteiger partial charge in [0.1, 0.15) is 18.0 Å². The van der Waals surface area contributed by atoms with Gasteiger partial charge in [-0.2, -0.15) is 0 Å². The lowest BCUT2D eigenvalue weighted by Crippen LogP contribution is -2.41. The highest BCUT2D eigenvalue weighted by Gasteiger charge is 2.23. The molecule has 1 atom stereocenters. The van der Waals surface area contributed by atoms with Crippen molar-refractivity contribution in [1.29, 1.82) is 0 Å². The maximum atomic E-state index is 13.8. The fourth-order valence-electron chi connectivity index (χ4n) is 3.08. The highest BCUT2D eigenvalue weighted by atomic mass is 32.2. The first-order chi connectivity index (χ1) is 11.9. The molecule has 7 nitrogen and oxygen atoms in total. The Labute approximate surface area is 145 Å². The van der Waals surface area contributed by atoms with Gasteiger partial charge in [-0.1, -0.05) is 0 Å². The van der Waals surface area contributed by atoms with E-state index in [9.17, 15) is 12.8 Å². The third-order valence-electron chi connectivity index (χ3n) is 4.26. The second-order valence-corrected chi connectivity index (χ2v) is 8.04. The lowest BCUT2D eigenvalue weighted by Gasteiger charge is -2.34. The summed E-state index contributed by atoms with van der Waals surface area (Å²) in [4.78, 5) is 13.7. The summed E-state index contributed by atoms with van der Waals surface area (Å²) in [6.07, 6.45) is 4.35. The first-order valence-electron chi connectivity index (χ1n) is 7.88. The Morgan fingerprint density at radius 3 is 2.96 bits per heavy atom. The molecule has 2 aromatic rings. The van der Waals surface area contributed by atoms with E-state index in [-0.39, 0.29) is 11.6 Å². The Morgan fingerprint density at radius 1 is 1.44 bits per heavy atom. The van der Waals surface area contributed by atoms with Crippen LogP contribution in [0.15, 0.2) is 18.5 Å². The van der Waals surface area contributed by atoms with E-state index in [1.807, 2.05) is 4.90 Å². The molecule has 1 aliphatic rings. The highest BCUT2D eigenvalue weighted by molar-refractivity contribution is 7.88. The SMILES string of the molecule is [C-]#[N+]c1cc2c(N3CCCC(CNS(C)(=O)=O)C3)ncnc2cc1F. The maximum Gasteiger partial charge on any atom is 0.222 e. The normalized spacial score (nSPS) is 18.3. The van der Waals surface area contributed by atoms with E-state index in [0.29, 0.717) is 29.8 Å². The van der Waals surface area contributed by atoms with Crippen molar-refractivity contribution in [2.24, 2.45) is 5.92 Å². The van der Waals surface area contributed by atoms with Crippen LogP contribution in [0.4, 0.5) is 15.9 Å². The zero-order chi connectivity index (χ0) is 18.0. The fourth-order valence-corrected chi connectivity index (χ4v) is 3.62. The van der Waals surface area contributed by atoms with Gasteiger partial charge in [-0.15, -0.1) is 0 Å². The lowest BCUT2D eigenvalue weighted by molar-refractivity contribution is 0.410. The summed E-state index contributed by atoms with van der Waals surface area (Å²) in [5.41, 5.74) is 0.391. The number of anilines is 1. The van der Waals surface area contributed by atoms with Crippen LogP contribution in [0, 0.1) is 18.3 Å². The summed E-state index contributed by atoms with van der Waals surface area (Å²) in [5, 5.41) is 0.631. The average Bonchev–Trinajstić information content (AvgIpc) is 2.58. The van der Waals surface area contributed by atoms with Crippen molar-refractivity contribution in [3.05, 3.63) is 35.7 Å². The number of fused-ring (bicyclic) bond motifs is 1. The van der Waals surface area contributed by atoms with Crippen LogP contribution in [0.5, 0.6) is 0 Å². The lowest BCUT2D eigenvalue weighted by atomic mass is 9.98. The molecule has 1 saturated heterocycles. The van der Waals surface area contributed by atoms with Gasteiger partial charge in [0.05, 0.1) is 18.3 Å². The van der Waals surface area contributed by atoms with Crippen molar-refractivity contribution in [3.63, 3.8) is 0 Å². The zero-order valence-electron chi connectivity index (χ0n) is 13.7. The molecule has 9 heteroatoms. The Balaban J connectivity index is 1.89. The number of nitrogens with zero attached hydrogens (tertiary/aromatic N) is 4. The monoisotopic (exact) mass is 363 g/mol. The minimum atomic E-state index is -3.22. The zero-order valence-corrected chi connectivity index (χ0v) is 14.6. The van der Waals surface area contributed by atoms with Crippen LogP contribution in [0.3, 0.4) is 0 Å². The van der Waals surface area contributed by atoms with E-state index in [1.54, 1.807) is 0 Å². The molecule has 0 aliphatic carbocycles. The van der Waals surface area contributed by atoms with Gasteiger partial charge in [0, 0.05) is 25.0 Å². The van der Waals surface area contributed by atoms with Crippen molar-refractivity contribution in [2.75, 3.05) is 30.8 Å². The molecule has 0 amide bonds. The summed E-state index contributed by atoms with van der Waals surface area (Å²) in [6.45, 7) is 8.87. The number of hydrogen-bond donors (Lipinski definition) is 1. The van der Waals surface area contributed by atoms with Crippen LogP contribution in [0.1, 0.15) is 12.8 Å². The molecule has 25 heavy (non-hydrogen) atoms. The van der Waals surface area contributed by atoms with Crippen molar-refractivity contribution in [1.82, 2.24) is 14.7 Å². The number of halogens is 1. The largest absolute Gasteiger partial charge is 0.356 e. The minimum absolute atomic E-state index is 0.0594. The highest BCUT2D eigenvalue weighted by Crippen LogP contribution is 2.31. The molecule has 1 aliphatic heterocycles. The molecule has 3 rings (SSSR count).